The maximum atomic E-state index is 8.25. The minimum atomic E-state index is -1.75. The zero-order valence-corrected chi connectivity index (χ0v) is 22.6. The molecule has 0 aromatic heterocycles. The molecule has 0 aromatic rings. The Kier molecular flexibility index (Phi) is 34.7. The third kappa shape index (κ3) is 41.9. The van der Waals surface area contributed by atoms with Gasteiger partial charge in [-0.1, -0.05) is 142 Å². The Balaban J connectivity index is 0. The predicted molar refractivity (Wildman–Crippen MR) is 144 cm³/mol. The quantitative estimate of drug-likeness (QED) is 0.0776. The van der Waals surface area contributed by atoms with E-state index < -0.39 is 5.09 Å². The van der Waals surface area contributed by atoms with E-state index in [9.17, 15) is 0 Å². The molecule has 0 saturated heterocycles. The average Bonchev–Trinajstić information content (AvgIpc) is 2.79. The number of nitrogens with two attached hydrogens (primary N) is 1. The molecule has 0 heterocycles. The Morgan fingerprint density at radius 3 is 0.818 bits per heavy atom. The smallest absolute Gasteiger partial charge is 0.0755 e. The molecule has 2 N–H and O–H groups in total. The van der Waals surface area contributed by atoms with E-state index in [0.29, 0.717) is 0 Å². The van der Waals surface area contributed by atoms with Crippen molar-refractivity contribution in [1.29, 1.82) is 0 Å². The van der Waals surface area contributed by atoms with Crippen molar-refractivity contribution in [3.05, 3.63) is 15.3 Å². The van der Waals surface area contributed by atoms with E-state index in [1.54, 1.807) is 0 Å². The van der Waals surface area contributed by atoms with Crippen LogP contribution < -0.4 is 5.32 Å². The lowest BCUT2D eigenvalue weighted by molar-refractivity contribution is -0.655. The van der Waals surface area contributed by atoms with Crippen LogP contribution in [-0.4, -0.2) is 18.2 Å². The van der Waals surface area contributed by atoms with Crippen LogP contribution in [0.5, 0.6) is 0 Å². The van der Waals surface area contributed by atoms with E-state index in [0.717, 1.165) is 0 Å². The summed E-state index contributed by atoms with van der Waals surface area (Å²) in [5.41, 5.74) is 0. The number of hydrogen-bond acceptors (Lipinski definition) is 3. The molecule has 200 valence electrons. The molecule has 0 spiro atoms. The number of quaternary nitrogens is 1. The first-order valence-electron chi connectivity index (χ1n) is 14.8. The summed E-state index contributed by atoms with van der Waals surface area (Å²) in [5, 5.41) is 17.3. The number of hydrogen-bond donors (Lipinski definition) is 1. The highest BCUT2D eigenvalue weighted by molar-refractivity contribution is 4.49. The molecular formula is C28H60N2O3. The minimum absolute atomic E-state index is 1.37. The molecule has 0 aliphatic rings. The first-order valence-corrected chi connectivity index (χ1v) is 14.8. The molecule has 0 aliphatic carbocycles. The fourth-order valence-electron chi connectivity index (χ4n) is 4.40. The average molecular weight is 473 g/mol. The Hall–Kier alpha value is -0.840. The minimum Gasteiger partial charge on any atom is -0.356 e. The van der Waals surface area contributed by atoms with E-state index in [1.165, 1.54) is 167 Å². The Morgan fingerprint density at radius 1 is 0.424 bits per heavy atom. The molecule has 0 atom stereocenters. The van der Waals surface area contributed by atoms with Gasteiger partial charge in [-0.25, -0.2) is 0 Å². The summed E-state index contributed by atoms with van der Waals surface area (Å²) in [7, 11) is 0. The van der Waals surface area contributed by atoms with Crippen molar-refractivity contribution in [2.45, 2.75) is 168 Å². The van der Waals surface area contributed by atoms with E-state index >= 15 is 0 Å². The molecule has 0 fully saturated rings. The van der Waals surface area contributed by atoms with Crippen molar-refractivity contribution in [1.82, 2.24) is 0 Å². The monoisotopic (exact) mass is 472 g/mol. The molecule has 33 heavy (non-hydrogen) atoms. The lowest BCUT2D eigenvalue weighted by atomic mass is 10.1. The normalized spacial score (nSPS) is 10.7. The van der Waals surface area contributed by atoms with Crippen molar-refractivity contribution in [3.63, 3.8) is 0 Å². The molecular weight excluding hydrogens is 412 g/mol. The zero-order valence-electron chi connectivity index (χ0n) is 22.6. The Labute approximate surface area is 207 Å². The lowest BCUT2D eigenvalue weighted by Gasteiger charge is -2.04. The van der Waals surface area contributed by atoms with Crippen molar-refractivity contribution < 1.29 is 10.4 Å². The molecule has 0 rings (SSSR count). The summed E-state index contributed by atoms with van der Waals surface area (Å²) in [5.74, 6) is 0. The summed E-state index contributed by atoms with van der Waals surface area (Å²) in [4.78, 5) is 8.25. The van der Waals surface area contributed by atoms with Gasteiger partial charge in [-0.3, -0.25) is 0 Å². The molecule has 5 heteroatoms. The van der Waals surface area contributed by atoms with Crippen molar-refractivity contribution >= 4 is 0 Å². The molecule has 0 aliphatic heterocycles. The van der Waals surface area contributed by atoms with Gasteiger partial charge < -0.3 is 20.6 Å². The van der Waals surface area contributed by atoms with E-state index in [4.69, 9.17) is 15.3 Å². The molecule has 0 saturated carbocycles. The standard InChI is InChI=1S/C28H59N.NO3/c1-3-5-7-9-11-13-15-17-19-21-23-25-27-29-28-26-24-22-20-18-16-14-12-10-8-6-4-2;2-1(3)4/h29H,3-28H2,1-2H3;/q;-1/p+1. The summed E-state index contributed by atoms with van der Waals surface area (Å²) >= 11 is 0. The number of rotatable bonds is 26. The second-order valence-corrected chi connectivity index (χ2v) is 9.87. The number of unbranched alkanes of at least 4 members (excludes halogenated alkanes) is 22. The summed E-state index contributed by atoms with van der Waals surface area (Å²) < 4.78 is 0. The van der Waals surface area contributed by atoms with Crippen molar-refractivity contribution in [3.8, 4) is 0 Å². The summed E-state index contributed by atoms with van der Waals surface area (Å²) in [6, 6.07) is 0. The van der Waals surface area contributed by atoms with Crippen LogP contribution in [0.1, 0.15) is 168 Å². The van der Waals surface area contributed by atoms with Crippen LogP contribution in [-0.2, 0) is 0 Å². The maximum absolute atomic E-state index is 8.25. The topological polar surface area (TPSA) is 82.8 Å². The highest BCUT2D eigenvalue weighted by Crippen LogP contribution is 2.12. The van der Waals surface area contributed by atoms with Crippen LogP contribution in [0.3, 0.4) is 0 Å². The van der Waals surface area contributed by atoms with Crippen LogP contribution in [0.4, 0.5) is 0 Å². The third-order valence-electron chi connectivity index (χ3n) is 6.52. The molecule has 0 amide bonds. The van der Waals surface area contributed by atoms with Gasteiger partial charge >= 0.3 is 0 Å². The number of nitrogens with zero attached hydrogens (tertiary/aromatic N) is 1. The molecule has 0 bridgehead atoms. The van der Waals surface area contributed by atoms with Gasteiger partial charge in [0, 0.05) is 0 Å². The predicted octanol–water partition coefficient (Wildman–Crippen LogP) is 8.71. The van der Waals surface area contributed by atoms with E-state index in [1.807, 2.05) is 0 Å². The van der Waals surface area contributed by atoms with Gasteiger partial charge in [0.15, 0.2) is 0 Å². The second-order valence-electron chi connectivity index (χ2n) is 9.87. The van der Waals surface area contributed by atoms with Gasteiger partial charge in [-0.05, 0) is 25.7 Å². The lowest BCUT2D eigenvalue weighted by Crippen LogP contribution is -2.84. The van der Waals surface area contributed by atoms with Gasteiger partial charge in [-0.2, -0.15) is 0 Å². The third-order valence-corrected chi connectivity index (χ3v) is 6.52. The first kappa shape index (κ1) is 34.3. The highest BCUT2D eigenvalue weighted by atomic mass is 16.9. The fourth-order valence-corrected chi connectivity index (χ4v) is 4.40. The van der Waals surface area contributed by atoms with Crippen molar-refractivity contribution in [2.24, 2.45) is 0 Å². The van der Waals surface area contributed by atoms with Crippen LogP contribution >= 0.6 is 0 Å². The van der Waals surface area contributed by atoms with Gasteiger partial charge in [0.25, 0.3) is 0 Å². The highest BCUT2D eigenvalue weighted by Gasteiger charge is 1.96. The molecule has 0 radical (unpaired) electrons. The Morgan fingerprint density at radius 2 is 0.606 bits per heavy atom. The van der Waals surface area contributed by atoms with Gasteiger partial charge in [0.1, 0.15) is 0 Å². The van der Waals surface area contributed by atoms with Gasteiger partial charge in [0.05, 0.1) is 18.2 Å². The first-order chi connectivity index (χ1) is 16.1. The maximum Gasteiger partial charge on any atom is 0.0755 e. The second kappa shape index (κ2) is 33.3. The van der Waals surface area contributed by atoms with Crippen molar-refractivity contribution in [2.75, 3.05) is 13.1 Å². The SMILES string of the molecule is CCCCCCCCCCCCCC[NH2+]CCCCCCCCCCCCCC.O=[N+]([O-])[O-]. The van der Waals surface area contributed by atoms with Crippen LogP contribution in [0.2, 0.25) is 0 Å². The van der Waals surface area contributed by atoms with E-state index in [-0.39, 0.29) is 0 Å². The zero-order chi connectivity index (χ0) is 24.7. The molecule has 0 unspecified atom stereocenters. The largest absolute Gasteiger partial charge is 0.356 e. The fraction of sp³-hybridized carbons (Fsp3) is 1.00. The van der Waals surface area contributed by atoms with Crippen LogP contribution in [0.25, 0.3) is 0 Å². The summed E-state index contributed by atoms with van der Waals surface area (Å²) in [6.45, 7) is 7.35. The molecule has 5 nitrogen and oxygen atoms in total. The molecule has 0 aromatic carbocycles. The summed E-state index contributed by atoms with van der Waals surface area (Å²) in [6.07, 6.45) is 35.1. The van der Waals surface area contributed by atoms with E-state index in [2.05, 4.69) is 19.2 Å². The van der Waals surface area contributed by atoms with Crippen LogP contribution in [0.15, 0.2) is 0 Å². The van der Waals surface area contributed by atoms with Crippen LogP contribution in [0, 0.1) is 15.3 Å². The van der Waals surface area contributed by atoms with Gasteiger partial charge in [-0.15, -0.1) is 0 Å². The Bertz CT molecular complexity index is 324. The van der Waals surface area contributed by atoms with Gasteiger partial charge in [0.2, 0.25) is 0 Å².